The Labute approximate surface area is 124 Å². The summed E-state index contributed by atoms with van der Waals surface area (Å²) in [5, 5.41) is 0. The standard InChI is InChI=1S/C17H19N3O/c1-4-12-8-13(19-11(12)2)9-16-17(21-3)10-15(20-16)14-6-5-7-18-14/h5-10,18-19H,4H2,1-3H3/b16-9-. The Balaban J connectivity index is 1.97. The van der Waals surface area contributed by atoms with Crippen molar-refractivity contribution in [2.45, 2.75) is 20.3 Å². The van der Waals surface area contributed by atoms with Gasteiger partial charge in [0.25, 0.3) is 0 Å². The molecule has 0 atom stereocenters. The lowest BCUT2D eigenvalue weighted by molar-refractivity contribution is 0.303. The van der Waals surface area contributed by atoms with Crippen molar-refractivity contribution in [1.82, 2.24) is 9.97 Å². The van der Waals surface area contributed by atoms with Gasteiger partial charge in [-0.15, -0.1) is 0 Å². The number of nitrogens with zero attached hydrogens (tertiary/aromatic N) is 1. The maximum Gasteiger partial charge on any atom is 0.146 e. The third-order valence-electron chi connectivity index (χ3n) is 3.67. The van der Waals surface area contributed by atoms with Gasteiger partial charge in [0.1, 0.15) is 11.5 Å². The van der Waals surface area contributed by atoms with Crippen molar-refractivity contribution in [2.24, 2.45) is 4.99 Å². The molecule has 4 nitrogen and oxygen atoms in total. The Morgan fingerprint density at radius 1 is 1.38 bits per heavy atom. The van der Waals surface area contributed by atoms with Gasteiger partial charge in [0.05, 0.1) is 18.5 Å². The quantitative estimate of drug-likeness (QED) is 0.884. The Morgan fingerprint density at radius 3 is 2.86 bits per heavy atom. The van der Waals surface area contributed by atoms with Gasteiger partial charge in [-0.1, -0.05) is 6.92 Å². The zero-order valence-electron chi connectivity index (χ0n) is 12.5. The van der Waals surface area contributed by atoms with Crippen molar-refractivity contribution in [1.29, 1.82) is 0 Å². The molecule has 0 aromatic carbocycles. The van der Waals surface area contributed by atoms with Crippen molar-refractivity contribution in [2.75, 3.05) is 7.11 Å². The van der Waals surface area contributed by atoms with Crippen LogP contribution in [0.4, 0.5) is 0 Å². The number of hydrogen-bond donors (Lipinski definition) is 2. The van der Waals surface area contributed by atoms with E-state index in [9.17, 15) is 0 Å². The van der Waals surface area contributed by atoms with Crippen molar-refractivity contribution < 1.29 is 4.74 Å². The van der Waals surface area contributed by atoms with Crippen LogP contribution >= 0.6 is 0 Å². The molecule has 3 rings (SSSR count). The summed E-state index contributed by atoms with van der Waals surface area (Å²) in [4.78, 5) is 11.2. The van der Waals surface area contributed by atoms with Gasteiger partial charge < -0.3 is 14.7 Å². The molecule has 2 aromatic rings. The van der Waals surface area contributed by atoms with Crippen LogP contribution in [0.1, 0.15) is 29.6 Å². The number of rotatable bonds is 4. The van der Waals surface area contributed by atoms with Crippen molar-refractivity contribution in [3.8, 4) is 0 Å². The molecule has 0 saturated heterocycles. The van der Waals surface area contributed by atoms with Crippen LogP contribution in [-0.4, -0.2) is 22.8 Å². The highest BCUT2D eigenvalue weighted by atomic mass is 16.5. The molecular formula is C17H19N3O. The van der Waals surface area contributed by atoms with E-state index in [1.165, 1.54) is 11.3 Å². The van der Waals surface area contributed by atoms with E-state index in [1.54, 1.807) is 7.11 Å². The van der Waals surface area contributed by atoms with Crippen LogP contribution in [-0.2, 0) is 11.2 Å². The maximum absolute atomic E-state index is 5.44. The fourth-order valence-corrected chi connectivity index (χ4v) is 2.53. The third-order valence-corrected chi connectivity index (χ3v) is 3.67. The summed E-state index contributed by atoms with van der Waals surface area (Å²) in [6.07, 6.45) is 6.89. The smallest absolute Gasteiger partial charge is 0.146 e. The lowest BCUT2D eigenvalue weighted by Gasteiger charge is -2.00. The largest absolute Gasteiger partial charge is 0.494 e. The first kappa shape index (κ1) is 13.5. The second-order valence-electron chi connectivity index (χ2n) is 5.05. The summed E-state index contributed by atoms with van der Waals surface area (Å²) in [6.45, 7) is 4.25. The number of aryl methyl sites for hydroxylation is 2. The minimum atomic E-state index is 0.782. The summed E-state index contributed by atoms with van der Waals surface area (Å²) in [5.74, 6) is 0.782. The fourth-order valence-electron chi connectivity index (χ4n) is 2.53. The first-order chi connectivity index (χ1) is 10.2. The Bertz CT molecular complexity index is 730. The molecule has 0 saturated carbocycles. The fraction of sp³-hybridized carbons (Fsp3) is 0.235. The van der Waals surface area contributed by atoms with Gasteiger partial charge in [-0.2, -0.15) is 0 Å². The molecule has 108 valence electrons. The summed E-state index contributed by atoms with van der Waals surface area (Å²) in [6, 6.07) is 6.12. The molecule has 0 unspecified atom stereocenters. The van der Waals surface area contributed by atoms with E-state index in [1.807, 2.05) is 30.5 Å². The molecule has 1 aliphatic rings. The average molecular weight is 281 g/mol. The van der Waals surface area contributed by atoms with Crippen LogP contribution in [0.25, 0.3) is 6.08 Å². The zero-order chi connectivity index (χ0) is 14.8. The normalized spacial score (nSPS) is 16.2. The van der Waals surface area contributed by atoms with Crippen LogP contribution in [0.5, 0.6) is 0 Å². The Kier molecular flexibility index (Phi) is 3.52. The molecule has 2 N–H and O–H groups in total. The highest BCUT2D eigenvalue weighted by Gasteiger charge is 2.17. The predicted octanol–water partition coefficient (Wildman–Crippen LogP) is 3.59. The molecule has 3 heterocycles. The third kappa shape index (κ3) is 2.57. The van der Waals surface area contributed by atoms with E-state index >= 15 is 0 Å². The summed E-state index contributed by atoms with van der Waals surface area (Å²) >= 11 is 0. The van der Waals surface area contributed by atoms with Crippen LogP contribution < -0.4 is 0 Å². The number of aliphatic imine (C=N–C) groups is 1. The molecule has 0 bridgehead atoms. The number of nitrogens with one attached hydrogen (secondary N) is 2. The minimum absolute atomic E-state index is 0.782. The molecule has 2 aromatic heterocycles. The molecule has 4 heteroatoms. The van der Waals surface area contributed by atoms with Crippen molar-refractivity contribution >= 4 is 11.8 Å². The summed E-state index contributed by atoms with van der Waals surface area (Å²) in [5.41, 5.74) is 6.31. The van der Waals surface area contributed by atoms with E-state index in [0.29, 0.717) is 0 Å². The van der Waals surface area contributed by atoms with Gasteiger partial charge in [0.2, 0.25) is 0 Å². The highest BCUT2D eigenvalue weighted by molar-refractivity contribution is 6.11. The Morgan fingerprint density at radius 2 is 2.24 bits per heavy atom. The van der Waals surface area contributed by atoms with Gasteiger partial charge in [-0.3, -0.25) is 0 Å². The van der Waals surface area contributed by atoms with Gasteiger partial charge in [0, 0.05) is 23.7 Å². The Hall–Kier alpha value is -2.49. The van der Waals surface area contributed by atoms with E-state index < -0.39 is 0 Å². The lowest BCUT2D eigenvalue weighted by atomic mass is 10.2. The molecule has 0 aliphatic carbocycles. The second-order valence-corrected chi connectivity index (χ2v) is 5.05. The number of hydrogen-bond acceptors (Lipinski definition) is 2. The SMILES string of the molecule is CCc1cc(/C=C2\N=C(c3ccc[nH]3)C=C2OC)[nH]c1C. The van der Waals surface area contributed by atoms with Crippen molar-refractivity contribution in [3.05, 3.63) is 64.6 Å². The summed E-state index contributed by atoms with van der Waals surface area (Å²) in [7, 11) is 1.67. The maximum atomic E-state index is 5.44. The van der Waals surface area contributed by atoms with E-state index in [4.69, 9.17) is 4.74 Å². The molecule has 0 spiro atoms. The highest BCUT2D eigenvalue weighted by Crippen LogP contribution is 2.25. The lowest BCUT2D eigenvalue weighted by Crippen LogP contribution is -1.93. The van der Waals surface area contributed by atoms with Crippen molar-refractivity contribution in [3.63, 3.8) is 0 Å². The molecule has 21 heavy (non-hydrogen) atoms. The number of allylic oxidation sites excluding steroid dienone is 1. The van der Waals surface area contributed by atoms with E-state index in [2.05, 4.69) is 34.9 Å². The monoisotopic (exact) mass is 281 g/mol. The van der Waals surface area contributed by atoms with Crippen LogP contribution in [0.3, 0.4) is 0 Å². The zero-order valence-corrected chi connectivity index (χ0v) is 12.5. The number of aromatic amines is 2. The minimum Gasteiger partial charge on any atom is -0.494 e. The number of aromatic nitrogens is 2. The van der Waals surface area contributed by atoms with Crippen LogP contribution in [0.2, 0.25) is 0 Å². The van der Waals surface area contributed by atoms with Crippen LogP contribution in [0.15, 0.2) is 46.9 Å². The van der Waals surface area contributed by atoms with E-state index in [-0.39, 0.29) is 0 Å². The number of methoxy groups -OCH3 is 1. The van der Waals surface area contributed by atoms with Gasteiger partial charge >= 0.3 is 0 Å². The second kappa shape index (κ2) is 5.48. The average Bonchev–Trinajstić information content (AvgIpc) is 3.18. The molecular weight excluding hydrogens is 262 g/mol. The predicted molar refractivity (Wildman–Crippen MR) is 85.3 cm³/mol. The van der Waals surface area contributed by atoms with Gasteiger partial charge in [-0.25, -0.2) is 4.99 Å². The summed E-state index contributed by atoms with van der Waals surface area (Å²) < 4.78 is 5.44. The molecule has 0 radical (unpaired) electrons. The van der Waals surface area contributed by atoms with Crippen LogP contribution in [0, 0.1) is 6.92 Å². The molecule has 0 amide bonds. The molecule has 1 aliphatic heterocycles. The van der Waals surface area contributed by atoms with E-state index in [0.717, 1.165) is 35.0 Å². The number of ether oxygens (including phenoxy) is 1. The first-order valence-corrected chi connectivity index (χ1v) is 7.10. The first-order valence-electron chi connectivity index (χ1n) is 7.10. The van der Waals surface area contributed by atoms with Gasteiger partial charge in [0.15, 0.2) is 0 Å². The number of H-pyrrole nitrogens is 2. The molecule has 0 fully saturated rings. The van der Waals surface area contributed by atoms with Gasteiger partial charge in [-0.05, 0) is 43.2 Å². The topological polar surface area (TPSA) is 53.2 Å².